The molecule has 1 aromatic carbocycles. The number of rotatable bonds is 1. The second-order valence-electron chi connectivity index (χ2n) is 3.90. The lowest BCUT2D eigenvalue weighted by molar-refractivity contribution is -0.136. The summed E-state index contributed by atoms with van der Waals surface area (Å²) >= 11 is 0. The Morgan fingerprint density at radius 3 is 2.61 bits per heavy atom. The number of aromatic nitrogens is 2. The van der Waals surface area contributed by atoms with Crippen LogP contribution >= 0.6 is 0 Å². The third kappa shape index (κ3) is 1.97. The summed E-state index contributed by atoms with van der Waals surface area (Å²) in [7, 11) is 0. The molecule has 0 aliphatic heterocycles. The zero-order valence-corrected chi connectivity index (χ0v) is 9.40. The van der Waals surface area contributed by atoms with Gasteiger partial charge in [-0.15, -0.1) is 0 Å². The van der Waals surface area contributed by atoms with E-state index < -0.39 is 28.9 Å². The monoisotopic (exact) mass is 257 g/mol. The van der Waals surface area contributed by atoms with Gasteiger partial charge in [0, 0.05) is 0 Å². The zero-order chi connectivity index (χ0) is 13.5. The highest BCUT2D eigenvalue weighted by molar-refractivity contribution is 5.81. The summed E-state index contributed by atoms with van der Waals surface area (Å²) < 4.78 is 39.4. The minimum absolute atomic E-state index is 0.00623. The molecule has 0 aliphatic carbocycles. The number of hydrogen-bond acceptors (Lipinski definition) is 3. The van der Waals surface area contributed by atoms with Gasteiger partial charge in [0.1, 0.15) is 0 Å². The van der Waals surface area contributed by atoms with Gasteiger partial charge >= 0.3 is 6.18 Å². The molecule has 1 unspecified atom stereocenters. The summed E-state index contributed by atoms with van der Waals surface area (Å²) in [6, 6.07) is 3.43. The maximum Gasteiger partial charge on any atom is 0.417 e. The van der Waals surface area contributed by atoms with Crippen molar-refractivity contribution < 1.29 is 13.2 Å². The summed E-state index contributed by atoms with van der Waals surface area (Å²) in [5.74, 6) is 0. The van der Waals surface area contributed by atoms with Crippen molar-refractivity contribution in [2.45, 2.75) is 19.3 Å². The predicted molar refractivity (Wildman–Crippen MR) is 59.9 cm³/mol. The molecule has 2 rings (SSSR count). The van der Waals surface area contributed by atoms with E-state index in [2.05, 4.69) is 4.98 Å². The Labute approximate surface area is 99.9 Å². The van der Waals surface area contributed by atoms with Gasteiger partial charge in [-0.1, -0.05) is 6.07 Å². The van der Waals surface area contributed by atoms with Crippen LogP contribution in [-0.2, 0) is 6.18 Å². The highest BCUT2D eigenvalue weighted by atomic mass is 19.4. The zero-order valence-electron chi connectivity index (χ0n) is 9.40. The van der Waals surface area contributed by atoms with Crippen molar-refractivity contribution in [3.05, 3.63) is 40.4 Å². The average molecular weight is 257 g/mol. The second-order valence-corrected chi connectivity index (χ2v) is 3.90. The Bertz CT molecular complexity index is 646. The van der Waals surface area contributed by atoms with Crippen LogP contribution in [0.15, 0.2) is 29.3 Å². The molecule has 0 saturated heterocycles. The molecule has 1 heterocycles. The number of alkyl halides is 3. The van der Waals surface area contributed by atoms with E-state index >= 15 is 0 Å². The number of nitrogens with two attached hydrogens (primary N) is 1. The molecule has 0 saturated carbocycles. The maximum absolute atomic E-state index is 12.8. The largest absolute Gasteiger partial charge is 0.417 e. The van der Waals surface area contributed by atoms with Crippen LogP contribution < -0.4 is 11.3 Å². The van der Waals surface area contributed by atoms with Crippen LogP contribution in [0.1, 0.15) is 18.7 Å². The summed E-state index contributed by atoms with van der Waals surface area (Å²) in [5.41, 5.74) is 3.73. The van der Waals surface area contributed by atoms with E-state index in [-0.39, 0.29) is 5.52 Å². The lowest BCUT2D eigenvalue weighted by Gasteiger charge is -2.13. The summed E-state index contributed by atoms with van der Waals surface area (Å²) in [4.78, 5) is 15.8. The molecule has 1 atom stereocenters. The molecule has 0 spiro atoms. The smallest absolute Gasteiger partial charge is 0.311 e. The number of nitrogens with zero attached hydrogens (tertiary/aromatic N) is 2. The van der Waals surface area contributed by atoms with Crippen molar-refractivity contribution in [3.8, 4) is 0 Å². The molecule has 96 valence electrons. The molecule has 1 aromatic heterocycles. The highest BCUT2D eigenvalue weighted by Gasteiger charge is 2.34. The van der Waals surface area contributed by atoms with E-state index in [9.17, 15) is 18.0 Å². The van der Waals surface area contributed by atoms with Crippen molar-refractivity contribution in [2.24, 2.45) is 5.73 Å². The normalized spacial score (nSPS) is 13.8. The van der Waals surface area contributed by atoms with Gasteiger partial charge in [0.2, 0.25) is 0 Å². The average Bonchev–Trinajstić information content (AvgIpc) is 2.27. The van der Waals surface area contributed by atoms with Crippen molar-refractivity contribution in [1.82, 2.24) is 9.55 Å². The van der Waals surface area contributed by atoms with Crippen molar-refractivity contribution in [2.75, 3.05) is 0 Å². The first-order valence-electron chi connectivity index (χ1n) is 5.15. The van der Waals surface area contributed by atoms with Crippen LogP contribution in [-0.4, -0.2) is 9.55 Å². The maximum atomic E-state index is 12.8. The van der Waals surface area contributed by atoms with E-state index in [0.29, 0.717) is 0 Å². The second kappa shape index (κ2) is 4.09. The van der Waals surface area contributed by atoms with Crippen molar-refractivity contribution in [3.63, 3.8) is 0 Å². The summed E-state index contributed by atoms with van der Waals surface area (Å²) in [5, 5.41) is -0.454. The number of hydrogen-bond donors (Lipinski definition) is 1. The Morgan fingerprint density at radius 1 is 1.39 bits per heavy atom. The molecule has 7 heteroatoms. The standard InChI is InChI=1S/C11H10F3N3O/c1-6(15)17-5-16-8-4-2-3-7(11(12,13)14)9(8)10(17)18/h2-6H,15H2,1H3. The first kappa shape index (κ1) is 12.6. The molecule has 0 amide bonds. The van der Waals surface area contributed by atoms with Crippen LogP contribution in [0.5, 0.6) is 0 Å². The van der Waals surface area contributed by atoms with Crippen molar-refractivity contribution in [1.29, 1.82) is 0 Å². The number of halogens is 3. The van der Waals surface area contributed by atoms with Gasteiger partial charge in [-0.25, -0.2) is 4.98 Å². The number of benzene rings is 1. The van der Waals surface area contributed by atoms with Crippen LogP contribution in [0, 0.1) is 0 Å². The molecular weight excluding hydrogens is 247 g/mol. The van der Waals surface area contributed by atoms with E-state index in [0.717, 1.165) is 17.0 Å². The van der Waals surface area contributed by atoms with Gasteiger partial charge in [0.05, 0.1) is 29.0 Å². The third-order valence-electron chi connectivity index (χ3n) is 2.56. The highest BCUT2D eigenvalue weighted by Crippen LogP contribution is 2.32. The quantitative estimate of drug-likeness (QED) is 0.848. The SMILES string of the molecule is CC(N)n1cnc2cccc(C(F)(F)F)c2c1=O. The van der Waals surface area contributed by atoms with Gasteiger partial charge in [-0.05, 0) is 19.1 Å². The van der Waals surface area contributed by atoms with E-state index in [1.807, 2.05) is 0 Å². The van der Waals surface area contributed by atoms with E-state index in [1.165, 1.54) is 19.1 Å². The van der Waals surface area contributed by atoms with E-state index in [4.69, 9.17) is 5.73 Å². The molecule has 0 aliphatic rings. The molecule has 2 aromatic rings. The third-order valence-corrected chi connectivity index (χ3v) is 2.56. The minimum atomic E-state index is -4.60. The molecule has 4 nitrogen and oxygen atoms in total. The summed E-state index contributed by atoms with van der Waals surface area (Å²) in [6.45, 7) is 1.49. The Kier molecular flexibility index (Phi) is 2.86. The van der Waals surface area contributed by atoms with Gasteiger partial charge in [-0.3, -0.25) is 9.36 Å². The molecule has 0 bridgehead atoms. The van der Waals surface area contributed by atoms with Crippen LogP contribution in [0.3, 0.4) is 0 Å². The fourth-order valence-corrected chi connectivity index (χ4v) is 1.70. The number of fused-ring (bicyclic) bond motifs is 1. The molecule has 0 fully saturated rings. The van der Waals surface area contributed by atoms with Crippen LogP contribution in [0.25, 0.3) is 10.9 Å². The Morgan fingerprint density at radius 2 is 2.06 bits per heavy atom. The van der Waals surface area contributed by atoms with E-state index in [1.54, 1.807) is 0 Å². The minimum Gasteiger partial charge on any atom is -0.311 e. The lowest BCUT2D eigenvalue weighted by atomic mass is 10.1. The first-order chi connectivity index (χ1) is 8.32. The molecule has 0 radical (unpaired) electrons. The van der Waals surface area contributed by atoms with Gasteiger partial charge < -0.3 is 5.73 Å². The fourth-order valence-electron chi connectivity index (χ4n) is 1.70. The van der Waals surface area contributed by atoms with Crippen LogP contribution in [0.2, 0.25) is 0 Å². The van der Waals surface area contributed by atoms with Gasteiger partial charge in [-0.2, -0.15) is 13.2 Å². The van der Waals surface area contributed by atoms with Gasteiger partial charge in [0.25, 0.3) is 5.56 Å². The topological polar surface area (TPSA) is 60.9 Å². The Hall–Kier alpha value is -1.89. The van der Waals surface area contributed by atoms with Crippen LogP contribution in [0.4, 0.5) is 13.2 Å². The molecule has 18 heavy (non-hydrogen) atoms. The molecular formula is C11H10F3N3O. The molecule has 2 N–H and O–H groups in total. The summed E-state index contributed by atoms with van der Waals surface area (Å²) in [6.07, 6.45) is -4.19. The first-order valence-corrected chi connectivity index (χ1v) is 5.15. The van der Waals surface area contributed by atoms with Gasteiger partial charge in [0.15, 0.2) is 0 Å². The lowest BCUT2D eigenvalue weighted by Crippen LogP contribution is -2.29. The Balaban J connectivity index is 2.90. The predicted octanol–water partition coefficient (Wildman–Crippen LogP) is 1.89. The fraction of sp³-hybridized carbons (Fsp3) is 0.273. The van der Waals surface area contributed by atoms with Crippen molar-refractivity contribution >= 4 is 10.9 Å².